The van der Waals surface area contributed by atoms with Crippen molar-refractivity contribution in [2.45, 2.75) is 44.0 Å². The summed E-state index contributed by atoms with van der Waals surface area (Å²) in [7, 11) is 0.976. The number of aryl methyl sites for hydroxylation is 1. The van der Waals surface area contributed by atoms with Crippen molar-refractivity contribution in [2.24, 2.45) is 0 Å². The first-order valence-electron chi connectivity index (χ1n) is 10.3. The highest BCUT2D eigenvalue weighted by Gasteiger charge is 2.29. The molecule has 164 valence electrons. The predicted octanol–water partition coefficient (Wildman–Crippen LogP) is 5.79. The fourth-order valence-corrected chi connectivity index (χ4v) is 5.50. The van der Waals surface area contributed by atoms with Crippen LogP contribution in [-0.4, -0.2) is 34.4 Å². The number of phenols is 1. The van der Waals surface area contributed by atoms with Gasteiger partial charge in [-0.25, -0.2) is 4.21 Å². The molecule has 0 amide bonds. The van der Waals surface area contributed by atoms with Crippen molar-refractivity contribution in [2.75, 3.05) is 25.0 Å². The average Bonchev–Trinajstić information content (AvgIpc) is 2.74. The number of anilines is 2. The highest BCUT2D eigenvalue weighted by molar-refractivity contribution is 7.85. The van der Waals surface area contributed by atoms with Gasteiger partial charge in [-0.3, -0.25) is 0 Å². The average molecular weight is 437 g/mol. The van der Waals surface area contributed by atoms with E-state index < -0.39 is 10.8 Å². The van der Waals surface area contributed by atoms with E-state index in [-0.39, 0.29) is 7.43 Å². The van der Waals surface area contributed by atoms with Crippen molar-refractivity contribution in [1.82, 2.24) is 4.90 Å². The summed E-state index contributed by atoms with van der Waals surface area (Å²) < 4.78 is 13.2. The first-order valence-corrected chi connectivity index (χ1v) is 11.5. The SMILES string of the molecule is C.Cc1ccc2c(c1C)N(CCCN(C)Cc1ccc(O)cc1)c1ccccc1S2=O. The molecule has 0 fully saturated rings. The fourth-order valence-electron chi connectivity index (χ4n) is 4.06. The maximum atomic E-state index is 13.2. The number of hydrogen-bond acceptors (Lipinski definition) is 4. The zero-order valence-corrected chi connectivity index (χ0v) is 18.6. The maximum absolute atomic E-state index is 13.2. The Balaban J connectivity index is 0.00000272. The van der Waals surface area contributed by atoms with E-state index in [2.05, 4.69) is 42.8 Å². The predicted molar refractivity (Wildman–Crippen MR) is 130 cm³/mol. The standard InChI is InChI=1S/C25H28N2O2S.CH4/c1-18-9-14-24-25(19(18)2)27(22-7-4-5-8-23(22)30(24)29)16-6-15-26(3)17-20-10-12-21(28)13-11-20;/h4-5,7-14,28H,6,15-17H2,1-3H3;1H4. The fraction of sp³-hybridized carbons (Fsp3) is 0.308. The van der Waals surface area contributed by atoms with Gasteiger partial charge in [-0.2, -0.15) is 0 Å². The first kappa shape index (κ1) is 23.0. The minimum Gasteiger partial charge on any atom is -0.508 e. The molecule has 0 radical (unpaired) electrons. The molecule has 1 unspecified atom stereocenters. The Morgan fingerprint density at radius 3 is 2.42 bits per heavy atom. The van der Waals surface area contributed by atoms with E-state index in [0.29, 0.717) is 5.75 Å². The third-order valence-corrected chi connectivity index (χ3v) is 7.27. The van der Waals surface area contributed by atoms with Crippen LogP contribution in [0.4, 0.5) is 11.4 Å². The summed E-state index contributed by atoms with van der Waals surface area (Å²) in [5.74, 6) is 0.298. The summed E-state index contributed by atoms with van der Waals surface area (Å²) in [5.41, 5.74) is 5.77. The van der Waals surface area contributed by atoms with E-state index in [1.54, 1.807) is 12.1 Å². The van der Waals surface area contributed by atoms with Gasteiger partial charge < -0.3 is 14.9 Å². The molecule has 1 heterocycles. The molecule has 31 heavy (non-hydrogen) atoms. The minimum atomic E-state index is -1.14. The van der Waals surface area contributed by atoms with Crippen LogP contribution in [-0.2, 0) is 17.3 Å². The number of benzene rings is 3. The Morgan fingerprint density at radius 1 is 0.968 bits per heavy atom. The van der Waals surface area contributed by atoms with E-state index in [1.165, 1.54) is 16.7 Å². The van der Waals surface area contributed by atoms with Crippen LogP contribution in [0, 0.1) is 13.8 Å². The van der Waals surface area contributed by atoms with Crippen LogP contribution < -0.4 is 4.90 Å². The molecule has 4 nitrogen and oxygen atoms in total. The van der Waals surface area contributed by atoms with Gasteiger partial charge in [0.1, 0.15) is 5.75 Å². The molecule has 0 saturated carbocycles. The quantitative estimate of drug-likeness (QED) is 0.531. The van der Waals surface area contributed by atoms with Crippen molar-refractivity contribution >= 4 is 22.2 Å². The van der Waals surface area contributed by atoms with Crippen molar-refractivity contribution in [3.05, 3.63) is 77.4 Å². The van der Waals surface area contributed by atoms with Gasteiger partial charge in [0.2, 0.25) is 0 Å². The van der Waals surface area contributed by atoms with Crippen LogP contribution in [0.3, 0.4) is 0 Å². The summed E-state index contributed by atoms with van der Waals surface area (Å²) in [4.78, 5) is 6.45. The highest BCUT2D eigenvalue weighted by atomic mass is 32.2. The van der Waals surface area contributed by atoms with Gasteiger partial charge in [-0.1, -0.05) is 37.8 Å². The van der Waals surface area contributed by atoms with Crippen LogP contribution in [0.5, 0.6) is 5.75 Å². The van der Waals surface area contributed by atoms with Crippen molar-refractivity contribution < 1.29 is 9.32 Å². The number of para-hydroxylation sites is 1. The molecule has 0 saturated heterocycles. The number of fused-ring (bicyclic) bond motifs is 2. The summed E-state index contributed by atoms with van der Waals surface area (Å²) in [5, 5.41) is 9.46. The Labute approximate surface area is 188 Å². The van der Waals surface area contributed by atoms with E-state index in [1.807, 2.05) is 36.4 Å². The van der Waals surface area contributed by atoms with Gasteiger partial charge in [0.05, 0.1) is 32.0 Å². The Bertz CT molecular complexity index is 1080. The molecular formula is C26H32N2O2S. The number of rotatable bonds is 6. The Morgan fingerprint density at radius 2 is 1.68 bits per heavy atom. The van der Waals surface area contributed by atoms with Crippen molar-refractivity contribution in [1.29, 1.82) is 0 Å². The molecular weight excluding hydrogens is 404 g/mol. The van der Waals surface area contributed by atoms with Crippen LogP contribution >= 0.6 is 0 Å². The van der Waals surface area contributed by atoms with Gasteiger partial charge in [0.25, 0.3) is 0 Å². The topological polar surface area (TPSA) is 43.8 Å². The second kappa shape index (κ2) is 9.67. The summed E-state index contributed by atoms with van der Waals surface area (Å²) in [6.45, 7) is 6.90. The molecule has 1 N–H and O–H groups in total. The first-order chi connectivity index (χ1) is 14.5. The largest absolute Gasteiger partial charge is 0.508 e. The number of phenolic OH excluding ortho intramolecular Hbond substituents is 1. The third kappa shape index (κ3) is 4.68. The minimum absolute atomic E-state index is 0. The maximum Gasteiger partial charge on any atom is 0.115 e. The lowest BCUT2D eigenvalue weighted by Gasteiger charge is -2.35. The van der Waals surface area contributed by atoms with Crippen molar-refractivity contribution in [3.8, 4) is 5.75 Å². The van der Waals surface area contributed by atoms with E-state index in [0.717, 1.165) is 47.2 Å². The number of aromatic hydroxyl groups is 1. The normalized spacial score (nSPS) is 14.7. The van der Waals surface area contributed by atoms with E-state index in [4.69, 9.17) is 0 Å². The van der Waals surface area contributed by atoms with Crippen LogP contribution in [0.15, 0.2) is 70.5 Å². The second-order valence-corrected chi connectivity index (χ2v) is 9.42. The van der Waals surface area contributed by atoms with Crippen LogP contribution in [0.25, 0.3) is 0 Å². The zero-order chi connectivity index (χ0) is 21.3. The lowest BCUT2D eigenvalue weighted by Crippen LogP contribution is -2.29. The Hall–Kier alpha value is -2.63. The molecule has 3 aromatic carbocycles. The van der Waals surface area contributed by atoms with Gasteiger partial charge in [-0.15, -0.1) is 0 Å². The van der Waals surface area contributed by atoms with Crippen LogP contribution in [0.1, 0.15) is 30.5 Å². The van der Waals surface area contributed by atoms with E-state index in [9.17, 15) is 9.32 Å². The highest BCUT2D eigenvalue weighted by Crippen LogP contribution is 2.44. The summed E-state index contributed by atoms with van der Waals surface area (Å²) >= 11 is 0. The van der Waals surface area contributed by atoms with Gasteiger partial charge in [-0.05, 0) is 80.9 Å². The second-order valence-electron chi connectivity index (χ2n) is 8.00. The molecule has 4 rings (SSSR count). The molecule has 3 aromatic rings. The lowest BCUT2D eigenvalue weighted by atomic mass is 10.1. The van der Waals surface area contributed by atoms with Gasteiger partial charge in [0, 0.05) is 13.1 Å². The Kier molecular flexibility index (Phi) is 7.19. The van der Waals surface area contributed by atoms with Gasteiger partial charge >= 0.3 is 0 Å². The van der Waals surface area contributed by atoms with Gasteiger partial charge in [0.15, 0.2) is 0 Å². The zero-order valence-electron chi connectivity index (χ0n) is 17.8. The molecule has 0 bridgehead atoms. The molecule has 0 aliphatic carbocycles. The molecule has 1 atom stereocenters. The number of hydrogen-bond donors (Lipinski definition) is 1. The molecule has 0 aromatic heterocycles. The molecule has 1 aliphatic rings. The summed E-state index contributed by atoms with van der Waals surface area (Å²) in [6.07, 6.45) is 0.988. The van der Waals surface area contributed by atoms with Crippen molar-refractivity contribution in [3.63, 3.8) is 0 Å². The molecule has 1 aliphatic heterocycles. The lowest BCUT2D eigenvalue weighted by molar-refractivity contribution is 0.323. The molecule has 5 heteroatoms. The van der Waals surface area contributed by atoms with Crippen LogP contribution in [0.2, 0.25) is 0 Å². The third-order valence-electron chi connectivity index (χ3n) is 5.80. The molecule has 0 spiro atoms. The van der Waals surface area contributed by atoms with E-state index >= 15 is 0 Å². The monoisotopic (exact) mass is 436 g/mol. The smallest absolute Gasteiger partial charge is 0.115 e. The number of nitrogens with zero attached hydrogens (tertiary/aromatic N) is 2. The summed E-state index contributed by atoms with van der Waals surface area (Å²) in [6, 6.07) is 19.5.